The van der Waals surface area contributed by atoms with Gasteiger partial charge in [0.25, 0.3) is 0 Å². The summed E-state index contributed by atoms with van der Waals surface area (Å²) in [7, 11) is 0. The Morgan fingerprint density at radius 1 is 0.545 bits per heavy atom. The largest absolute Gasteiger partial charge is 0.398 e. The molecule has 2 N–H and O–H groups in total. The summed E-state index contributed by atoms with van der Waals surface area (Å²) in [6.45, 7) is 2.18. The van der Waals surface area contributed by atoms with E-state index in [-0.39, 0.29) is 0 Å². The number of hydrogen-bond acceptors (Lipinski definition) is 1. The van der Waals surface area contributed by atoms with Crippen LogP contribution < -0.4 is 5.73 Å². The van der Waals surface area contributed by atoms with Crippen LogP contribution in [0.1, 0.15) is 5.56 Å². The van der Waals surface area contributed by atoms with E-state index >= 15 is 0 Å². The lowest BCUT2D eigenvalue weighted by Gasteiger charge is -2.16. The lowest BCUT2D eigenvalue weighted by molar-refractivity contribution is 1.55. The number of rotatable bonds is 0. The van der Waals surface area contributed by atoms with Gasteiger partial charge in [-0.05, 0) is 56.3 Å². The highest BCUT2D eigenvalue weighted by molar-refractivity contribution is 6.34. The van der Waals surface area contributed by atoms with E-state index in [9.17, 15) is 0 Å². The van der Waals surface area contributed by atoms with E-state index in [4.69, 9.17) is 5.73 Å². The van der Waals surface area contributed by atoms with Crippen LogP contribution in [0.25, 0.3) is 43.1 Å². The molecule has 0 aliphatic heterocycles. The van der Waals surface area contributed by atoms with Gasteiger partial charge in [-0.15, -0.1) is 0 Å². The molecule has 0 unspecified atom stereocenters. The summed E-state index contributed by atoms with van der Waals surface area (Å²) >= 11 is 0. The van der Waals surface area contributed by atoms with Crippen LogP contribution in [0.15, 0.2) is 60.7 Å². The molecular weight excluding hydrogens is 266 g/mol. The fourth-order valence-electron chi connectivity index (χ4n) is 3.88. The number of nitrogens with two attached hydrogens (primary N) is 1. The summed E-state index contributed by atoms with van der Waals surface area (Å²) in [4.78, 5) is 0. The molecule has 0 heterocycles. The Hall–Kier alpha value is -2.80. The molecule has 5 rings (SSSR count). The van der Waals surface area contributed by atoms with E-state index in [2.05, 4.69) is 61.5 Å². The molecule has 0 bridgehead atoms. The first-order valence-corrected chi connectivity index (χ1v) is 7.60. The Kier molecular flexibility index (Phi) is 2.09. The van der Waals surface area contributed by atoms with Crippen LogP contribution >= 0.6 is 0 Å². The molecule has 0 saturated heterocycles. The zero-order chi connectivity index (χ0) is 14.8. The minimum Gasteiger partial charge on any atom is -0.398 e. The molecule has 0 aliphatic rings. The maximum Gasteiger partial charge on any atom is 0.0394 e. The van der Waals surface area contributed by atoms with Crippen molar-refractivity contribution >= 4 is 48.8 Å². The first kappa shape index (κ1) is 11.8. The second kappa shape index (κ2) is 3.89. The highest BCUT2D eigenvalue weighted by Crippen LogP contribution is 2.41. The molecular formula is C21H15N. The monoisotopic (exact) mass is 281 g/mol. The summed E-state index contributed by atoms with van der Waals surface area (Å²) in [6.07, 6.45) is 0. The van der Waals surface area contributed by atoms with Crippen molar-refractivity contribution < 1.29 is 0 Å². The lowest BCUT2D eigenvalue weighted by atomic mass is 9.88. The first-order valence-electron chi connectivity index (χ1n) is 7.60. The fraction of sp³-hybridized carbons (Fsp3) is 0.0476. The van der Waals surface area contributed by atoms with Gasteiger partial charge in [-0.1, -0.05) is 54.6 Å². The van der Waals surface area contributed by atoms with E-state index in [0.29, 0.717) is 0 Å². The Morgan fingerprint density at radius 3 is 1.77 bits per heavy atom. The van der Waals surface area contributed by atoms with Crippen LogP contribution in [-0.2, 0) is 0 Å². The Balaban J connectivity index is 2.28. The van der Waals surface area contributed by atoms with Crippen molar-refractivity contribution in [2.24, 2.45) is 0 Å². The van der Waals surface area contributed by atoms with Crippen molar-refractivity contribution in [1.82, 2.24) is 0 Å². The van der Waals surface area contributed by atoms with E-state index in [1.54, 1.807) is 0 Å². The van der Waals surface area contributed by atoms with Gasteiger partial charge in [0.05, 0.1) is 0 Å². The zero-order valence-electron chi connectivity index (χ0n) is 12.4. The third kappa shape index (κ3) is 1.29. The van der Waals surface area contributed by atoms with Crippen molar-refractivity contribution in [2.45, 2.75) is 6.92 Å². The van der Waals surface area contributed by atoms with Crippen LogP contribution in [0.5, 0.6) is 0 Å². The predicted octanol–water partition coefficient (Wildman–Crippen LogP) is 5.63. The molecule has 0 aromatic heterocycles. The number of anilines is 1. The molecule has 5 aromatic carbocycles. The van der Waals surface area contributed by atoms with Crippen LogP contribution in [0, 0.1) is 6.92 Å². The second-order valence-corrected chi connectivity index (χ2v) is 6.09. The van der Waals surface area contributed by atoms with Crippen LogP contribution in [-0.4, -0.2) is 0 Å². The summed E-state index contributed by atoms with van der Waals surface area (Å²) < 4.78 is 0. The topological polar surface area (TPSA) is 26.0 Å². The SMILES string of the molecule is Cc1ccc2c3ccc(N)c4cccc(c5cccc1c52)c43. The minimum absolute atomic E-state index is 0.850. The van der Waals surface area contributed by atoms with Crippen molar-refractivity contribution in [3.8, 4) is 0 Å². The van der Waals surface area contributed by atoms with E-state index < -0.39 is 0 Å². The third-order valence-electron chi connectivity index (χ3n) is 4.91. The van der Waals surface area contributed by atoms with Gasteiger partial charge < -0.3 is 5.73 Å². The molecule has 0 radical (unpaired) electrons. The number of aryl methyl sites for hydroxylation is 1. The summed E-state index contributed by atoms with van der Waals surface area (Å²) in [5.74, 6) is 0. The number of fused-ring (bicyclic) bond motifs is 2. The average molecular weight is 281 g/mol. The van der Waals surface area contributed by atoms with Gasteiger partial charge in [-0.3, -0.25) is 0 Å². The normalized spacial score (nSPS) is 12.0. The summed E-state index contributed by atoms with van der Waals surface area (Å²) in [5, 5.41) is 10.4. The lowest BCUT2D eigenvalue weighted by Crippen LogP contribution is -1.91. The van der Waals surface area contributed by atoms with E-state index in [0.717, 1.165) is 11.1 Å². The molecule has 0 amide bonds. The first-order chi connectivity index (χ1) is 10.8. The van der Waals surface area contributed by atoms with Gasteiger partial charge in [0.2, 0.25) is 0 Å². The van der Waals surface area contributed by atoms with Gasteiger partial charge in [-0.2, -0.15) is 0 Å². The van der Waals surface area contributed by atoms with Gasteiger partial charge >= 0.3 is 0 Å². The summed E-state index contributed by atoms with van der Waals surface area (Å²) in [5.41, 5.74) is 8.39. The maximum absolute atomic E-state index is 6.21. The van der Waals surface area contributed by atoms with Crippen LogP contribution in [0.4, 0.5) is 5.69 Å². The molecule has 104 valence electrons. The number of benzene rings is 5. The summed E-state index contributed by atoms with van der Waals surface area (Å²) in [6, 6.07) is 21.7. The molecule has 22 heavy (non-hydrogen) atoms. The standard InChI is InChI=1S/C21H15N/c1-12-8-9-16-17-10-11-19(22)18-7-3-6-15(21(17)18)14-5-2-4-13(12)20(14)16/h2-11H,22H2,1H3. The second-order valence-electron chi connectivity index (χ2n) is 6.09. The highest BCUT2D eigenvalue weighted by Gasteiger charge is 2.14. The number of hydrogen-bond donors (Lipinski definition) is 1. The maximum atomic E-state index is 6.21. The van der Waals surface area contributed by atoms with Crippen molar-refractivity contribution in [3.05, 3.63) is 66.2 Å². The average Bonchev–Trinajstić information content (AvgIpc) is 2.56. The number of nitrogen functional groups attached to an aromatic ring is 1. The minimum atomic E-state index is 0.850. The molecule has 1 heteroatoms. The molecule has 1 nitrogen and oxygen atoms in total. The van der Waals surface area contributed by atoms with E-state index in [1.165, 1.54) is 43.3 Å². The Bertz CT molecular complexity index is 1070. The van der Waals surface area contributed by atoms with Gasteiger partial charge in [0, 0.05) is 11.1 Å². The third-order valence-corrected chi connectivity index (χ3v) is 4.91. The van der Waals surface area contributed by atoms with Crippen molar-refractivity contribution in [2.75, 3.05) is 5.73 Å². The molecule has 0 saturated carbocycles. The van der Waals surface area contributed by atoms with Crippen LogP contribution in [0.2, 0.25) is 0 Å². The predicted molar refractivity (Wildman–Crippen MR) is 96.8 cm³/mol. The zero-order valence-corrected chi connectivity index (χ0v) is 12.4. The smallest absolute Gasteiger partial charge is 0.0394 e. The van der Waals surface area contributed by atoms with Gasteiger partial charge in [0.15, 0.2) is 0 Å². The Labute approximate surface area is 128 Å². The van der Waals surface area contributed by atoms with E-state index in [1.807, 2.05) is 6.07 Å². The quantitative estimate of drug-likeness (QED) is 0.222. The van der Waals surface area contributed by atoms with Crippen molar-refractivity contribution in [3.63, 3.8) is 0 Å². The molecule has 0 fully saturated rings. The molecule has 0 atom stereocenters. The Morgan fingerprint density at radius 2 is 1.05 bits per heavy atom. The fourth-order valence-corrected chi connectivity index (χ4v) is 3.88. The van der Waals surface area contributed by atoms with Gasteiger partial charge in [-0.25, -0.2) is 0 Å². The van der Waals surface area contributed by atoms with Crippen LogP contribution in [0.3, 0.4) is 0 Å². The highest BCUT2D eigenvalue weighted by atomic mass is 14.5. The molecule has 0 aliphatic carbocycles. The van der Waals surface area contributed by atoms with Crippen molar-refractivity contribution in [1.29, 1.82) is 0 Å². The molecule has 0 spiro atoms. The van der Waals surface area contributed by atoms with Gasteiger partial charge in [0.1, 0.15) is 0 Å². The molecule has 5 aromatic rings.